The van der Waals surface area contributed by atoms with Gasteiger partial charge in [0.2, 0.25) is 5.43 Å². The lowest BCUT2D eigenvalue weighted by Gasteiger charge is -2.37. The SMILES string of the molecule is CC(C)=CCc1cccc(C(=O)C2C(c3ccc(O)c4c(=O)c(CC=C(C)C)c(-c5ccc(O)cc5)oc34)C=C(C)CC2c2ccccc2O)c1. The molecule has 6 rings (SSSR count). The molecule has 260 valence electrons. The summed E-state index contributed by atoms with van der Waals surface area (Å²) in [5.74, 6) is -1.40. The zero-order valence-electron chi connectivity index (χ0n) is 29.7. The number of para-hydroxylation sites is 1. The van der Waals surface area contributed by atoms with Crippen molar-refractivity contribution in [1.82, 2.24) is 0 Å². The molecule has 3 N–H and O–H groups in total. The van der Waals surface area contributed by atoms with Gasteiger partial charge in [-0.05, 0) is 107 Å². The van der Waals surface area contributed by atoms with Crippen molar-refractivity contribution in [2.24, 2.45) is 5.92 Å². The van der Waals surface area contributed by atoms with Crippen LogP contribution >= 0.6 is 0 Å². The van der Waals surface area contributed by atoms with Gasteiger partial charge in [-0.3, -0.25) is 9.59 Å². The highest BCUT2D eigenvalue weighted by atomic mass is 16.3. The van der Waals surface area contributed by atoms with E-state index in [0.29, 0.717) is 46.4 Å². The quantitative estimate of drug-likeness (QED) is 0.106. The first-order valence-electron chi connectivity index (χ1n) is 17.4. The Morgan fingerprint density at radius 1 is 0.804 bits per heavy atom. The van der Waals surface area contributed by atoms with Gasteiger partial charge in [-0.2, -0.15) is 0 Å². The number of aromatic hydroxyl groups is 3. The van der Waals surface area contributed by atoms with Crippen LogP contribution in [0.5, 0.6) is 17.2 Å². The van der Waals surface area contributed by atoms with Crippen LogP contribution in [-0.2, 0) is 12.8 Å². The lowest BCUT2D eigenvalue weighted by molar-refractivity contribution is 0.0880. The lowest BCUT2D eigenvalue weighted by atomic mass is 9.65. The number of phenolic OH excluding ortho intramolecular Hbond substituents is 3. The van der Waals surface area contributed by atoms with E-state index in [9.17, 15) is 24.9 Å². The fourth-order valence-electron chi connectivity index (χ4n) is 7.24. The summed E-state index contributed by atoms with van der Waals surface area (Å²) < 4.78 is 6.74. The van der Waals surface area contributed by atoms with Crippen molar-refractivity contribution in [3.05, 3.63) is 158 Å². The third-order valence-electron chi connectivity index (χ3n) is 9.77. The summed E-state index contributed by atoms with van der Waals surface area (Å²) >= 11 is 0. The highest BCUT2D eigenvalue weighted by molar-refractivity contribution is 6.00. The second-order valence-electron chi connectivity index (χ2n) is 14.1. The highest BCUT2D eigenvalue weighted by Gasteiger charge is 2.42. The zero-order chi connectivity index (χ0) is 36.4. The van der Waals surface area contributed by atoms with E-state index in [1.165, 1.54) is 23.8 Å². The second kappa shape index (κ2) is 14.7. The molecule has 0 saturated carbocycles. The number of fused-ring (bicyclic) bond motifs is 1. The van der Waals surface area contributed by atoms with E-state index >= 15 is 0 Å². The van der Waals surface area contributed by atoms with E-state index in [1.54, 1.807) is 30.3 Å². The van der Waals surface area contributed by atoms with Crippen molar-refractivity contribution in [1.29, 1.82) is 0 Å². The van der Waals surface area contributed by atoms with Gasteiger partial charge < -0.3 is 19.7 Å². The maximum absolute atomic E-state index is 15.0. The molecule has 0 fully saturated rings. The van der Waals surface area contributed by atoms with Gasteiger partial charge in [0.05, 0.1) is 0 Å². The van der Waals surface area contributed by atoms with Crippen LogP contribution in [0.4, 0.5) is 0 Å². The van der Waals surface area contributed by atoms with Crippen molar-refractivity contribution < 1.29 is 24.5 Å². The molecule has 0 spiro atoms. The largest absolute Gasteiger partial charge is 0.508 e. The fourth-order valence-corrected chi connectivity index (χ4v) is 7.24. The number of Topliss-reactive ketones (excluding diaryl/α,β-unsaturated/α-hetero) is 1. The molecular weight excluding hydrogens is 636 g/mol. The van der Waals surface area contributed by atoms with Gasteiger partial charge in [-0.25, -0.2) is 0 Å². The first-order chi connectivity index (χ1) is 24.4. The summed E-state index contributed by atoms with van der Waals surface area (Å²) in [6.07, 6.45) is 7.66. The Balaban J connectivity index is 1.61. The maximum Gasteiger partial charge on any atom is 0.200 e. The van der Waals surface area contributed by atoms with Crippen LogP contribution in [0.3, 0.4) is 0 Å². The molecule has 6 nitrogen and oxygen atoms in total. The minimum Gasteiger partial charge on any atom is -0.508 e. The number of hydrogen-bond donors (Lipinski definition) is 3. The maximum atomic E-state index is 15.0. The smallest absolute Gasteiger partial charge is 0.200 e. The standard InChI is InChI=1S/C45H44O6/c1-26(2)13-15-29-9-8-10-31(25-29)42(49)40-36(33-11-6-7-12-38(33)47)23-28(5)24-37(40)34-21-22-39(48)41-43(50)35(20-14-27(3)4)44(51-45(34)41)30-16-18-32(46)19-17-30/h6-14,16-19,21-22,24-25,36-37,40,46-48H,15,20,23H2,1-5H3. The monoisotopic (exact) mass is 680 g/mol. The van der Waals surface area contributed by atoms with Crippen LogP contribution < -0.4 is 5.43 Å². The minimum absolute atomic E-state index is 0.0536. The Labute approximate surface area is 298 Å². The molecule has 6 heteroatoms. The number of allylic oxidation sites excluding steroid dienone is 6. The van der Waals surface area contributed by atoms with E-state index in [1.807, 2.05) is 77.1 Å². The lowest BCUT2D eigenvalue weighted by Crippen LogP contribution is -2.32. The number of rotatable bonds is 9. The fraction of sp³-hybridized carbons (Fsp3) is 0.244. The Morgan fingerprint density at radius 2 is 1.51 bits per heavy atom. The van der Waals surface area contributed by atoms with Gasteiger partial charge in [-0.15, -0.1) is 0 Å². The molecule has 1 heterocycles. The van der Waals surface area contributed by atoms with Crippen molar-refractivity contribution in [2.75, 3.05) is 0 Å². The Hall–Kier alpha value is -5.62. The molecule has 51 heavy (non-hydrogen) atoms. The van der Waals surface area contributed by atoms with E-state index in [-0.39, 0.29) is 51.8 Å². The molecule has 1 aliphatic rings. The van der Waals surface area contributed by atoms with Gasteiger partial charge >= 0.3 is 0 Å². The molecule has 3 atom stereocenters. The molecule has 1 aromatic heterocycles. The molecular formula is C45H44O6. The molecule has 0 aliphatic heterocycles. The summed E-state index contributed by atoms with van der Waals surface area (Å²) in [4.78, 5) is 29.4. The van der Waals surface area contributed by atoms with Crippen LogP contribution in [-0.4, -0.2) is 21.1 Å². The van der Waals surface area contributed by atoms with Crippen molar-refractivity contribution >= 4 is 16.8 Å². The number of ketones is 1. The zero-order valence-corrected chi connectivity index (χ0v) is 29.7. The summed E-state index contributed by atoms with van der Waals surface area (Å²) in [5.41, 5.74) is 6.90. The first-order valence-corrected chi connectivity index (χ1v) is 17.4. The van der Waals surface area contributed by atoms with Crippen LogP contribution in [0.2, 0.25) is 0 Å². The number of carbonyl (C=O) groups is 1. The predicted octanol–water partition coefficient (Wildman–Crippen LogP) is 10.3. The van der Waals surface area contributed by atoms with Crippen LogP contribution in [0.15, 0.2) is 129 Å². The molecule has 5 aromatic rings. The van der Waals surface area contributed by atoms with Gasteiger partial charge in [0, 0.05) is 40.0 Å². The highest BCUT2D eigenvalue weighted by Crippen LogP contribution is 2.50. The average Bonchev–Trinajstić information content (AvgIpc) is 3.10. The first kappa shape index (κ1) is 35.2. The third-order valence-corrected chi connectivity index (χ3v) is 9.77. The van der Waals surface area contributed by atoms with Gasteiger partial charge in [0.1, 0.15) is 34.0 Å². The molecule has 0 saturated heterocycles. The van der Waals surface area contributed by atoms with Gasteiger partial charge in [-0.1, -0.05) is 77.4 Å². The summed E-state index contributed by atoms with van der Waals surface area (Å²) in [7, 11) is 0. The molecule has 0 radical (unpaired) electrons. The van der Waals surface area contributed by atoms with E-state index in [4.69, 9.17) is 4.42 Å². The van der Waals surface area contributed by atoms with E-state index in [2.05, 4.69) is 12.2 Å². The summed E-state index contributed by atoms with van der Waals surface area (Å²) in [5, 5.41) is 32.5. The minimum atomic E-state index is -0.679. The average molecular weight is 681 g/mol. The van der Waals surface area contributed by atoms with Crippen molar-refractivity contribution in [2.45, 2.75) is 65.7 Å². The Kier molecular flexibility index (Phi) is 10.1. The topological polar surface area (TPSA) is 108 Å². The number of carbonyl (C=O) groups excluding carboxylic acids is 1. The van der Waals surface area contributed by atoms with Crippen LogP contribution in [0, 0.1) is 5.92 Å². The Bertz CT molecular complexity index is 2260. The van der Waals surface area contributed by atoms with E-state index in [0.717, 1.165) is 16.7 Å². The molecule has 1 aliphatic carbocycles. The molecule has 0 bridgehead atoms. The normalized spacial score (nSPS) is 17.1. The van der Waals surface area contributed by atoms with Crippen molar-refractivity contribution in [3.8, 4) is 28.6 Å². The third kappa shape index (κ3) is 7.32. The molecule has 0 amide bonds. The summed E-state index contributed by atoms with van der Waals surface area (Å²) in [6, 6.07) is 24.6. The van der Waals surface area contributed by atoms with Gasteiger partial charge in [0.15, 0.2) is 5.78 Å². The van der Waals surface area contributed by atoms with Crippen molar-refractivity contribution in [3.63, 3.8) is 0 Å². The molecule has 3 unspecified atom stereocenters. The van der Waals surface area contributed by atoms with Crippen LogP contribution in [0.1, 0.15) is 85.5 Å². The Morgan fingerprint density at radius 3 is 2.22 bits per heavy atom. The number of benzene rings is 4. The van der Waals surface area contributed by atoms with E-state index < -0.39 is 11.8 Å². The van der Waals surface area contributed by atoms with Crippen LogP contribution in [0.25, 0.3) is 22.3 Å². The predicted molar refractivity (Wildman–Crippen MR) is 204 cm³/mol. The number of hydrogen-bond acceptors (Lipinski definition) is 6. The van der Waals surface area contributed by atoms with Gasteiger partial charge in [0.25, 0.3) is 0 Å². The number of phenols is 3. The summed E-state index contributed by atoms with van der Waals surface area (Å²) in [6.45, 7) is 10.0. The second-order valence-corrected chi connectivity index (χ2v) is 14.1. The molecule has 4 aromatic carbocycles.